The Morgan fingerprint density at radius 2 is 2.69 bits per heavy atom. The number of hydrogen-bond donors (Lipinski definition) is 1. The van der Waals surface area contributed by atoms with Crippen LogP contribution in [0.25, 0.3) is 0 Å². The Bertz CT molecular complexity index is 313. The maximum Gasteiger partial charge on any atom is 0.237 e. The monoisotopic (exact) mass is 179 g/mol. The van der Waals surface area contributed by atoms with Crippen molar-refractivity contribution in [1.29, 1.82) is 5.26 Å². The van der Waals surface area contributed by atoms with Crippen molar-refractivity contribution < 1.29 is 9.32 Å². The molecular formula is C8H9N3O2. The molecule has 1 aromatic rings. The average molecular weight is 179 g/mol. The highest BCUT2D eigenvalue weighted by molar-refractivity contribution is 5.80. The summed E-state index contributed by atoms with van der Waals surface area (Å²) in [6, 6.07) is 3.49. The van der Waals surface area contributed by atoms with Crippen LogP contribution in [0.4, 0.5) is 0 Å². The highest BCUT2D eigenvalue weighted by Gasteiger charge is 2.10. The molecule has 0 saturated heterocycles. The molecule has 0 aliphatic carbocycles. The van der Waals surface area contributed by atoms with Gasteiger partial charge in [-0.25, -0.2) is 0 Å². The standard InChI is InChI=1S/C8H9N3O2/c1-6(4-9)8(12)10-5-7-2-3-11-13-7/h2-3,6H,5H2,1H3,(H,10,12). The van der Waals surface area contributed by atoms with Gasteiger partial charge in [0.15, 0.2) is 5.76 Å². The summed E-state index contributed by atoms with van der Waals surface area (Å²) in [5, 5.41) is 14.4. The molecule has 1 atom stereocenters. The number of nitrogens with zero attached hydrogens (tertiary/aromatic N) is 2. The van der Waals surface area contributed by atoms with Crippen LogP contribution in [-0.4, -0.2) is 11.1 Å². The van der Waals surface area contributed by atoms with Crippen molar-refractivity contribution in [3.8, 4) is 6.07 Å². The predicted octanol–water partition coefficient (Wildman–Crippen LogP) is 0.450. The molecule has 1 unspecified atom stereocenters. The molecule has 5 nitrogen and oxygen atoms in total. The van der Waals surface area contributed by atoms with E-state index in [4.69, 9.17) is 9.78 Å². The summed E-state index contributed by atoms with van der Waals surface area (Å²) in [4.78, 5) is 11.1. The SMILES string of the molecule is CC(C#N)C(=O)NCc1ccno1. The second kappa shape index (κ2) is 4.26. The Morgan fingerprint density at radius 1 is 1.92 bits per heavy atom. The largest absolute Gasteiger partial charge is 0.360 e. The predicted molar refractivity (Wildman–Crippen MR) is 43.1 cm³/mol. The van der Waals surface area contributed by atoms with Crippen LogP contribution in [-0.2, 0) is 11.3 Å². The van der Waals surface area contributed by atoms with Crippen LogP contribution in [0, 0.1) is 17.2 Å². The summed E-state index contributed by atoms with van der Waals surface area (Å²) in [6.07, 6.45) is 1.50. The van der Waals surface area contributed by atoms with E-state index in [2.05, 4.69) is 10.5 Å². The number of rotatable bonds is 3. The van der Waals surface area contributed by atoms with Crippen molar-refractivity contribution in [1.82, 2.24) is 10.5 Å². The first-order valence-corrected chi connectivity index (χ1v) is 3.81. The average Bonchev–Trinajstić information content (AvgIpc) is 2.65. The summed E-state index contributed by atoms with van der Waals surface area (Å²) >= 11 is 0. The van der Waals surface area contributed by atoms with Gasteiger partial charge in [0.25, 0.3) is 0 Å². The van der Waals surface area contributed by atoms with Gasteiger partial charge >= 0.3 is 0 Å². The van der Waals surface area contributed by atoms with Gasteiger partial charge in [-0.05, 0) is 6.92 Å². The van der Waals surface area contributed by atoms with Crippen molar-refractivity contribution in [3.05, 3.63) is 18.0 Å². The maximum atomic E-state index is 11.1. The van der Waals surface area contributed by atoms with Gasteiger partial charge in [-0.15, -0.1) is 0 Å². The molecule has 0 saturated carbocycles. The fourth-order valence-electron chi connectivity index (χ4n) is 0.719. The summed E-state index contributed by atoms with van der Waals surface area (Å²) in [5.41, 5.74) is 0. The smallest absolute Gasteiger partial charge is 0.237 e. The number of carbonyl (C=O) groups is 1. The highest BCUT2D eigenvalue weighted by atomic mass is 16.5. The van der Waals surface area contributed by atoms with E-state index in [1.807, 2.05) is 6.07 Å². The fraction of sp³-hybridized carbons (Fsp3) is 0.375. The summed E-state index contributed by atoms with van der Waals surface area (Å²) in [5.74, 6) is -0.375. The third kappa shape index (κ3) is 2.60. The minimum absolute atomic E-state index is 0.269. The Balaban J connectivity index is 2.36. The highest BCUT2D eigenvalue weighted by Crippen LogP contribution is 1.97. The van der Waals surface area contributed by atoms with Crippen molar-refractivity contribution in [2.24, 2.45) is 5.92 Å². The van der Waals surface area contributed by atoms with Crippen molar-refractivity contribution in [2.75, 3.05) is 0 Å². The first kappa shape index (κ1) is 9.26. The molecule has 13 heavy (non-hydrogen) atoms. The molecule has 0 aromatic carbocycles. The number of amides is 1. The molecule has 0 radical (unpaired) electrons. The van der Waals surface area contributed by atoms with E-state index < -0.39 is 5.92 Å². The molecule has 1 rings (SSSR count). The number of nitriles is 1. The van der Waals surface area contributed by atoms with Gasteiger partial charge in [-0.3, -0.25) is 4.79 Å². The third-order valence-electron chi connectivity index (χ3n) is 1.52. The maximum absolute atomic E-state index is 11.1. The Hall–Kier alpha value is -1.83. The van der Waals surface area contributed by atoms with Crippen LogP contribution in [0.5, 0.6) is 0 Å². The zero-order valence-electron chi connectivity index (χ0n) is 7.15. The van der Waals surface area contributed by atoms with Crippen LogP contribution >= 0.6 is 0 Å². The van der Waals surface area contributed by atoms with Crippen molar-refractivity contribution >= 4 is 5.91 Å². The van der Waals surface area contributed by atoms with Gasteiger partial charge < -0.3 is 9.84 Å². The molecule has 0 aliphatic rings. The number of nitrogens with one attached hydrogen (secondary N) is 1. The quantitative estimate of drug-likeness (QED) is 0.730. The van der Waals surface area contributed by atoms with E-state index in [1.54, 1.807) is 6.07 Å². The zero-order chi connectivity index (χ0) is 9.68. The van der Waals surface area contributed by atoms with Gasteiger partial charge in [0.2, 0.25) is 5.91 Å². The van der Waals surface area contributed by atoms with Crippen LogP contribution in [0.1, 0.15) is 12.7 Å². The lowest BCUT2D eigenvalue weighted by atomic mass is 10.2. The van der Waals surface area contributed by atoms with E-state index in [9.17, 15) is 4.79 Å². The van der Waals surface area contributed by atoms with Gasteiger partial charge in [-0.2, -0.15) is 5.26 Å². The molecule has 1 aromatic heterocycles. The van der Waals surface area contributed by atoms with Crippen LogP contribution < -0.4 is 5.32 Å². The topological polar surface area (TPSA) is 78.9 Å². The fourth-order valence-corrected chi connectivity index (χ4v) is 0.719. The lowest BCUT2D eigenvalue weighted by Crippen LogP contribution is -2.27. The van der Waals surface area contributed by atoms with Gasteiger partial charge in [-0.1, -0.05) is 5.16 Å². The molecule has 0 fully saturated rings. The van der Waals surface area contributed by atoms with Crippen LogP contribution in [0.15, 0.2) is 16.8 Å². The Morgan fingerprint density at radius 3 is 3.23 bits per heavy atom. The van der Waals surface area contributed by atoms with Crippen molar-refractivity contribution in [3.63, 3.8) is 0 Å². The zero-order valence-corrected chi connectivity index (χ0v) is 7.15. The van der Waals surface area contributed by atoms with E-state index in [1.165, 1.54) is 13.1 Å². The molecule has 5 heteroatoms. The van der Waals surface area contributed by atoms with Crippen LogP contribution in [0.3, 0.4) is 0 Å². The lowest BCUT2D eigenvalue weighted by molar-refractivity contribution is -0.123. The third-order valence-corrected chi connectivity index (χ3v) is 1.52. The van der Waals surface area contributed by atoms with Gasteiger partial charge in [0.1, 0.15) is 5.92 Å². The summed E-state index contributed by atoms with van der Waals surface area (Å²) < 4.78 is 4.75. The van der Waals surface area contributed by atoms with E-state index in [0.717, 1.165) is 0 Å². The number of carbonyl (C=O) groups excluding carboxylic acids is 1. The van der Waals surface area contributed by atoms with E-state index in [-0.39, 0.29) is 12.5 Å². The molecular weight excluding hydrogens is 170 g/mol. The molecule has 1 amide bonds. The lowest BCUT2D eigenvalue weighted by Gasteiger charge is -2.02. The molecule has 0 bridgehead atoms. The molecule has 68 valence electrons. The molecule has 1 heterocycles. The minimum atomic E-state index is -0.636. The second-order valence-corrected chi connectivity index (χ2v) is 2.55. The first-order chi connectivity index (χ1) is 6.24. The van der Waals surface area contributed by atoms with E-state index in [0.29, 0.717) is 5.76 Å². The number of hydrogen-bond acceptors (Lipinski definition) is 4. The summed E-state index contributed by atoms with van der Waals surface area (Å²) in [6.45, 7) is 1.81. The van der Waals surface area contributed by atoms with Gasteiger partial charge in [0, 0.05) is 6.07 Å². The second-order valence-electron chi connectivity index (χ2n) is 2.55. The Kier molecular flexibility index (Phi) is 3.03. The Labute approximate surface area is 75.3 Å². The van der Waals surface area contributed by atoms with Crippen LogP contribution in [0.2, 0.25) is 0 Å². The molecule has 0 aliphatic heterocycles. The normalized spacial score (nSPS) is 11.7. The van der Waals surface area contributed by atoms with Crippen molar-refractivity contribution in [2.45, 2.75) is 13.5 Å². The van der Waals surface area contributed by atoms with Gasteiger partial charge in [0.05, 0.1) is 18.8 Å². The first-order valence-electron chi connectivity index (χ1n) is 3.81. The molecule has 1 N–H and O–H groups in total. The minimum Gasteiger partial charge on any atom is -0.360 e. The van der Waals surface area contributed by atoms with E-state index >= 15 is 0 Å². The number of aromatic nitrogens is 1. The molecule has 0 spiro atoms. The summed E-state index contributed by atoms with van der Waals surface area (Å²) in [7, 11) is 0.